The molecule has 17 heteroatoms. The number of nitrogens with one attached hydrogen (secondary N) is 3. The van der Waals surface area contributed by atoms with E-state index in [1.807, 2.05) is 47.1 Å². The minimum Gasteiger partial charge on any atom is -0.387 e. The lowest BCUT2D eigenvalue weighted by Crippen LogP contribution is -2.54. The molecule has 1 aromatic carbocycles. The second-order valence-corrected chi connectivity index (χ2v) is 16.4. The first-order valence-electron chi connectivity index (χ1n) is 19.6. The molecule has 0 bridgehead atoms. The van der Waals surface area contributed by atoms with Gasteiger partial charge in [0.2, 0.25) is 11.8 Å². The number of rotatable bonds is 9. The molecular formula is C41H40FN11O4S. The predicted molar refractivity (Wildman–Crippen MR) is 213 cm³/mol. The summed E-state index contributed by atoms with van der Waals surface area (Å²) < 4.78 is 17.3. The number of carbonyl (C=O) groups is 4. The number of fused-ring (bicyclic) bond motifs is 2. The lowest BCUT2D eigenvalue weighted by Gasteiger charge is -2.35. The largest absolute Gasteiger partial charge is 0.387 e. The van der Waals surface area contributed by atoms with Crippen LogP contribution < -0.4 is 20.9 Å². The predicted octanol–water partition coefficient (Wildman–Crippen LogP) is 4.93. The highest BCUT2D eigenvalue weighted by atomic mass is 32.1. The zero-order chi connectivity index (χ0) is 40.1. The summed E-state index contributed by atoms with van der Waals surface area (Å²) in [6.45, 7) is 2.10. The fraction of sp³-hybridized carbons (Fsp3) is 0.390. The Morgan fingerprint density at radius 2 is 1.71 bits per heavy atom. The molecular weight excluding hydrogens is 762 g/mol. The van der Waals surface area contributed by atoms with E-state index >= 15 is 4.39 Å². The Kier molecular flexibility index (Phi) is 9.90. The van der Waals surface area contributed by atoms with Crippen molar-refractivity contribution < 1.29 is 23.6 Å². The smallest absolute Gasteiger partial charge is 0.262 e. The van der Waals surface area contributed by atoms with E-state index in [-0.39, 0.29) is 35.7 Å². The van der Waals surface area contributed by atoms with Crippen molar-refractivity contribution in [2.75, 3.05) is 36.9 Å². The van der Waals surface area contributed by atoms with Gasteiger partial charge in [0, 0.05) is 74.2 Å². The minimum absolute atomic E-state index is 0.0213. The number of piperidine rings is 2. The number of amides is 4. The Labute approximate surface area is 336 Å². The van der Waals surface area contributed by atoms with E-state index in [2.05, 4.69) is 37.2 Å². The number of carbonyl (C=O) groups excluding carboxylic acids is 4. The van der Waals surface area contributed by atoms with Crippen molar-refractivity contribution in [3.05, 3.63) is 76.4 Å². The normalized spacial score (nSPS) is 21.4. The van der Waals surface area contributed by atoms with Crippen molar-refractivity contribution in [1.82, 2.24) is 40.3 Å². The Bertz CT molecular complexity index is 2510. The van der Waals surface area contributed by atoms with Crippen LogP contribution in [-0.4, -0.2) is 92.0 Å². The molecule has 4 amide bonds. The third kappa shape index (κ3) is 6.85. The molecule has 3 fully saturated rings. The van der Waals surface area contributed by atoms with E-state index in [0.29, 0.717) is 36.3 Å². The molecule has 9 rings (SSSR count). The maximum absolute atomic E-state index is 15.4. The summed E-state index contributed by atoms with van der Waals surface area (Å²) >= 11 is 1.62. The molecule has 1 saturated carbocycles. The Morgan fingerprint density at radius 3 is 2.45 bits per heavy atom. The molecule has 15 nitrogen and oxygen atoms in total. The van der Waals surface area contributed by atoms with Crippen LogP contribution in [0.15, 0.2) is 48.9 Å². The zero-order valence-corrected chi connectivity index (χ0v) is 32.5. The molecule has 0 radical (unpaired) electrons. The quantitative estimate of drug-likeness (QED) is 0.171. The molecule has 4 aromatic heterocycles. The van der Waals surface area contributed by atoms with Crippen LogP contribution in [-0.2, 0) is 9.59 Å². The van der Waals surface area contributed by atoms with E-state index in [1.165, 1.54) is 6.07 Å². The van der Waals surface area contributed by atoms with Gasteiger partial charge in [0.15, 0.2) is 5.01 Å². The third-order valence-corrected chi connectivity index (χ3v) is 13.1. The third-order valence-electron chi connectivity index (χ3n) is 12.0. The fourth-order valence-electron chi connectivity index (χ4n) is 8.72. The van der Waals surface area contributed by atoms with Crippen LogP contribution >= 0.6 is 11.3 Å². The molecule has 2 saturated heterocycles. The van der Waals surface area contributed by atoms with Crippen LogP contribution in [0.3, 0.4) is 0 Å². The first-order chi connectivity index (χ1) is 28.2. The van der Waals surface area contributed by atoms with Crippen molar-refractivity contribution in [2.45, 2.75) is 69.4 Å². The number of aromatic nitrogens is 5. The topological polar surface area (TPSA) is 191 Å². The number of hydrogen-bond acceptors (Lipinski definition) is 13. The Balaban J connectivity index is 0.766. The molecule has 296 valence electrons. The van der Waals surface area contributed by atoms with Gasteiger partial charge in [-0.05, 0) is 81.7 Å². The standard InChI is InChI=1S/C41H40FN11O4S/c1-44-31-17-34(52-13-8-25-14-23(18-43)20-47-36(25)52)46-21-29(31)39-50-49-38(58-39)24-4-2-22(3-5-24)19-45-26-9-11-51(12-10-26)33-16-28-27(15-30(33)42)40(56)53(41(28)57)32-6-7-35(54)48-37(32)55/h8,13-17,20-22,24,26,32,45H,2-7,9-12,19H2,1H3,(H,44,46)(H,48,54,55). The van der Waals surface area contributed by atoms with Crippen LogP contribution in [0.25, 0.3) is 27.4 Å². The van der Waals surface area contributed by atoms with Gasteiger partial charge in [0.05, 0.1) is 27.9 Å². The molecule has 5 aromatic rings. The van der Waals surface area contributed by atoms with Gasteiger partial charge in [-0.3, -0.25) is 34.0 Å². The molecule has 7 heterocycles. The van der Waals surface area contributed by atoms with E-state index in [0.717, 1.165) is 88.3 Å². The van der Waals surface area contributed by atoms with Gasteiger partial charge in [-0.2, -0.15) is 5.26 Å². The van der Waals surface area contributed by atoms with Crippen molar-refractivity contribution in [3.8, 4) is 22.5 Å². The second-order valence-electron chi connectivity index (χ2n) is 15.4. The summed E-state index contributed by atoms with van der Waals surface area (Å²) in [7, 11) is 1.87. The maximum atomic E-state index is 15.4. The van der Waals surface area contributed by atoms with Crippen LogP contribution in [0.5, 0.6) is 0 Å². The van der Waals surface area contributed by atoms with Gasteiger partial charge in [0.25, 0.3) is 11.8 Å². The van der Waals surface area contributed by atoms with Crippen LogP contribution in [0.1, 0.15) is 88.6 Å². The molecule has 1 unspecified atom stereocenters. The summed E-state index contributed by atoms with van der Waals surface area (Å²) in [5.41, 5.74) is 3.30. The van der Waals surface area contributed by atoms with Gasteiger partial charge in [-0.25, -0.2) is 14.4 Å². The van der Waals surface area contributed by atoms with Crippen molar-refractivity contribution in [1.29, 1.82) is 5.26 Å². The van der Waals surface area contributed by atoms with E-state index in [4.69, 9.17) is 4.98 Å². The van der Waals surface area contributed by atoms with Crippen molar-refractivity contribution in [2.24, 2.45) is 5.92 Å². The zero-order valence-electron chi connectivity index (χ0n) is 31.7. The second kappa shape index (κ2) is 15.3. The molecule has 58 heavy (non-hydrogen) atoms. The van der Waals surface area contributed by atoms with Gasteiger partial charge in [-0.1, -0.05) is 11.3 Å². The summed E-state index contributed by atoms with van der Waals surface area (Å²) in [6.07, 6.45) is 11.2. The highest BCUT2D eigenvalue weighted by Gasteiger charge is 2.45. The molecule has 1 atom stereocenters. The lowest BCUT2D eigenvalue weighted by molar-refractivity contribution is -0.136. The van der Waals surface area contributed by atoms with Crippen LogP contribution in [0.4, 0.5) is 15.8 Å². The molecule has 1 aliphatic carbocycles. The van der Waals surface area contributed by atoms with Gasteiger partial charge >= 0.3 is 0 Å². The van der Waals surface area contributed by atoms with E-state index in [1.54, 1.807) is 17.5 Å². The molecule has 3 N–H and O–H groups in total. The van der Waals surface area contributed by atoms with Gasteiger partial charge < -0.3 is 15.5 Å². The highest BCUT2D eigenvalue weighted by Crippen LogP contribution is 2.40. The summed E-state index contributed by atoms with van der Waals surface area (Å²) in [5, 5.41) is 30.4. The summed E-state index contributed by atoms with van der Waals surface area (Å²) in [5.74, 6) is -1.48. The number of nitrogens with zero attached hydrogens (tertiary/aromatic N) is 8. The number of imide groups is 2. The van der Waals surface area contributed by atoms with Crippen molar-refractivity contribution >= 4 is 57.4 Å². The van der Waals surface area contributed by atoms with Crippen LogP contribution in [0, 0.1) is 23.1 Å². The monoisotopic (exact) mass is 801 g/mol. The van der Waals surface area contributed by atoms with Crippen molar-refractivity contribution in [3.63, 3.8) is 0 Å². The average molecular weight is 802 g/mol. The Hall–Kier alpha value is -6.12. The average Bonchev–Trinajstić information content (AvgIpc) is 3.97. The maximum Gasteiger partial charge on any atom is 0.262 e. The number of nitriles is 1. The van der Waals surface area contributed by atoms with Crippen LogP contribution in [0.2, 0.25) is 0 Å². The first-order valence-corrected chi connectivity index (χ1v) is 20.4. The number of benzene rings is 1. The molecule has 4 aliphatic rings. The van der Waals surface area contributed by atoms with Gasteiger partial charge in [0.1, 0.15) is 34.4 Å². The number of hydrogen-bond donors (Lipinski definition) is 3. The van der Waals surface area contributed by atoms with E-state index < -0.39 is 35.5 Å². The summed E-state index contributed by atoms with van der Waals surface area (Å²) in [4.78, 5) is 62.4. The van der Waals surface area contributed by atoms with E-state index in [9.17, 15) is 24.4 Å². The first kappa shape index (κ1) is 37.5. The molecule has 0 spiro atoms. The summed E-state index contributed by atoms with van der Waals surface area (Å²) in [6, 6.07) is 9.57. The number of halogens is 1. The SMILES string of the molecule is CNc1cc(-n2ccc3cc(C#N)cnc32)ncc1-c1nnc(C2CCC(CNC3CCN(c4cc5c(cc4F)C(=O)N(C4CCC(=O)NC4=O)C5=O)CC3)CC2)s1. The minimum atomic E-state index is -1.09. The lowest BCUT2D eigenvalue weighted by atomic mass is 9.82. The Morgan fingerprint density at radius 1 is 0.931 bits per heavy atom. The number of pyridine rings is 2. The highest BCUT2D eigenvalue weighted by molar-refractivity contribution is 7.14. The van der Waals surface area contributed by atoms with Gasteiger partial charge in [-0.15, -0.1) is 10.2 Å². The fourth-order valence-corrected chi connectivity index (χ4v) is 9.76. The molecule has 3 aliphatic heterocycles. The number of anilines is 2.